The molecule has 0 aliphatic carbocycles. The third kappa shape index (κ3) is 6.15. The third-order valence-electron chi connectivity index (χ3n) is 4.50. The van der Waals surface area contributed by atoms with Gasteiger partial charge >= 0.3 is 13.1 Å². The fourth-order valence-electron chi connectivity index (χ4n) is 3.02. The molecule has 7 nitrogen and oxygen atoms in total. The van der Waals surface area contributed by atoms with Crippen molar-refractivity contribution >= 4 is 24.5 Å². The van der Waals surface area contributed by atoms with Crippen LogP contribution in [0.2, 0.25) is 0 Å². The third-order valence-corrected chi connectivity index (χ3v) is 4.50. The molecule has 0 saturated carbocycles. The highest BCUT2D eigenvalue weighted by Crippen LogP contribution is 2.17. The van der Waals surface area contributed by atoms with Crippen molar-refractivity contribution in [2.24, 2.45) is 0 Å². The first-order valence-corrected chi connectivity index (χ1v) is 9.14. The van der Waals surface area contributed by atoms with E-state index in [1.807, 2.05) is 42.5 Å². The molecule has 0 heterocycles. The minimum atomic E-state index is -0.847. The predicted molar refractivity (Wildman–Crippen MR) is 110 cm³/mol. The summed E-state index contributed by atoms with van der Waals surface area (Å²) in [6.45, 7) is 0. The molecule has 2 rings (SSSR count). The molecule has 0 spiro atoms. The van der Waals surface area contributed by atoms with Crippen LogP contribution in [0.5, 0.6) is 0 Å². The van der Waals surface area contributed by atoms with E-state index in [1.54, 1.807) is 26.4 Å². The number of carbonyl (C=O) groups is 2. The van der Waals surface area contributed by atoms with Crippen LogP contribution < -0.4 is 10.8 Å². The van der Waals surface area contributed by atoms with Crippen LogP contribution in [0.4, 0.5) is 0 Å². The van der Waals surface area contributed by atoms with E-state index in [0.717, 1.165) is 11.0 Å². The van der Waals surface area contributed by atoms with E-state index in [1.165, 1.54) is 14.2 Å². The highest BCUT2D eigenvalue weighted by Gasteiger charge is 2.27. The maximum absolute atomic E-state index is 12.7. The molecule has 0 fully saturated rings. The number of methoxy groups -OCH3 is 2. The number of benzene rings is 2. The summed E-state index contributed by atoms with van der Waals surface area (Å²) < 4.78 is 20.7. The zero-order valence-corrected chi connectivity index (χ0v) is 17.1. The van der Waals surface area contributed by atoms with Crippen LogP contribution in [-0.2, 0) is 34.8 Å². The number of hydrogen-bond donors (Lipinski definition) is 1. The van der Waals surface area contributed by atoms with Crippen LogP contribution in [0, 0.1) is 0 Å². The first kappa shape index (κ1) is 22.6. The molecule has 1 amide bonds. The normalized spacial score (nSPS) is 12.7. The first-order valence-electron chi connectivity index (χ1n) is 9.14. The van der Waals surface area contributed by atoms with Gasteiger partial charge in [0, 0.05) is 27.8 Å². The zero-order chi connectivity index (χ0) is 21.2. The van der Waals surface area contributed by atoms with Crippen LogP contribution >= 0.6 is 0 Å². The Hall–Kier alpha value is -2.68. The standard InChI is InChI=1S/C21H26BNO6/c1-26-19(16-8-6-5-7-9-16)20(24)23-18(21(25)27-2)14-15-10-12-17(13-11-15)22(28-3)29-4/h5-13,18-19H,14H2,1-4H3,(H,23,24)/t18-,19-/m1/s1. The van der Waals surface area contributed by atoms with Gasteiger partial charge in [0.1, 0.15) is 6.04 Å². The van der Waals surface area contributed by atoms with E-state index in [4.69, 9.17) is 18.8 Å². The average molecular weight is 399 g/mol. The van der Waals surface area contributed by atoms with E-state index in [-0.39, 0.29) is 6.42 Å². The second kappa shape index (κ2) is 11.4. The van der Waals surface area contributed by atoms with Crippen LogP contribution in [0.1, 0.15) is 17.2 Å². The highest BCUT2D eigenvalue weighted by molar-refractivity contribution is 6.61. The number of carbonyl (C=O) groups excluding carboxylic acids is 2. The van der Waals surface area contributed by atoms with E-state index < -0.39 is 31.1 Å². The van der Waals surface area contributed by atoms with Crippen molar-refractivity contribution in [2.45, 2.75) is 18.6 Å². The van der Waals surface area contributed by atoms with Crippen molar-refractivity contribution in [3.05, 3.63) is 65.7 Å². The number of rotatable bonds is 10. The molecular formula is C21H26BNO6. The molecule has 154 valence electrons. The summed E-state index contributed by atoms with van der Waals surface area (Å²) in [6, 6.07) is 15.6. The Morgan fingerprint density at radius 3 is 2.07 bits per heavy atom. The number of nitrogens with one attached hydrogen (secondary N) is 1. The Labute approximate surface area is 171 Å². The fourth-order valence-corrected chi connectivity index (χ4v) is 3.02. The van der Waals surface area contributed by atoms with Crippen molar-refractivity contribution in [1.82, 2.24) is 5.32 Å². The number of hydrogen-bond acceptors (Lipinski definition) is 6. The molecule has 29 heavy (non-hydrogen) atoms. The largest absolute Gasteiger partial charge is 0.493 e. The van der Waals surface area contributed by atoms with Crippen molar-refractivity contribution in [1.29, 1.82) is 0 Å². The van der Waals surface area contributed by atoms with Gasteiger partial charge in [0.2, 0.25) is 0 Å². The molecule has 0 bridgehead atoms. The van der Waals surface area contributed by atoms with Gasteiger partial charge in [-0.15, -0.1) is 0 Å². The molecule has 0 unspecified atom stereocenters. The summed E-state index contributed by atoms with van der Waals surface area (Å²) >= 11 is 0. The molecule has 0 radical (unpaired) electrons. The van der Waals surface area contributed by atoms with Gasteiger partial charge in [-0.25, -0.2) is 4.79 Å². The molecule has 0 aliphatic heterocycles. The van der Waals surface area contributed by atoms with E-state index in [2.05, 4.69) is 5.32 Å². The van der Waals surface area contributed by atoms with Crippen LogP contribution in [0.15, 0.2) is 54.6 Å². The van der Waals surface area contributed by atoms with Crippen LogP contribution in [0.3, 0.4) is 0 Å². The molecule has 0 aliphatic rings. The first-order chi connectivity index (χ1) is 14.0. The Kier molecular flexibility index (Phi) is 8.86. The quantitative estimate of drug-likeness (QED) is 0.479. The van der Waals surface area contributed by atoms with Gasteiger partial charge in [0.25, 0.3) is 5.91 Å². The van der Waals surface area contributed by atoms with Crippen molar-refractivity contribution in [3.8, 4) is 0 Å². The molecule has 8 heteroatoms. The van der Waals surface area contributed by atoms with Gasteiger partial charge in [0.15, 0.2) is 6.10 Å². The predicted octanol–water partition coefficient (Wildman–Crippen LogP) is 1.26. The SMILES string of the molecule is COB(OC)c1ccc(C[C@@H](NC(=O)[C@H](OC)c2ccccc2)C(=O)OC)cc1. The van der Waals surface area contributed by atoms with Gasteiger partial charge in [-0.05, 0) is 16.6 Å². The lowest BCUT2D eigenvalue weighted by molar-refractivity contribution is -0.146. The Morgan fingerprint density at radius 2 is 1.55 bits per heavy atom. The minimum Gasteiger partial charge on any atom is -0.467 e. The summed E-state index contributed by atoms with van der Waals surface area (Å²) in [7, 11) is 5.39. The van der Waals surface area contributed by atoms with Gasteiger partial charge in [-0.2, -0.15) is 0 Å². The minimum absolute atomic E-state index is 0.272. The smallest absolute Gasteiger partial charge is 0.467 e. The molecule has 0 aromatic heterocycles. The zero-order valence-electron chi connectivity index (χ0n) is 17.1. The fraction of sp³-hybridized carbons (Fsp3) is 0.333. The Balaban J connectivity index is 2.13. The van der Waals surface area contributed by atoms with Crippen molar-refractivity contribution < 1.29 is 28.4 Å². The van der Waals surface area contributed by atoms with Crippen molar-refractivity contribution in [3.63, 3.8) is 0 Å². The number of amides is 1. The monoisotopic (exact) mass is 399 g/mol. The topological polar surface area (TPSA) is 83.1 Å². The van der Waals surface area contributed by atoms with E-state index in [0.29, 0.717) is 5.56 Å². The Bertz CT molecular complexity index is 780. The van der Waals surface area contributed by atoms with Crippen LogP contribution in [-0.4, -0.2) is 53.5 Å². The number of esters is 1. The second-order valence-electron chi connectivity index (χ2n) is 6.36. The molecule has 0 saturated heterocycles. The summed E-state index contributed by atoms with van der Waals surface area (Å²) in [5.74, 6) is -0.943. The molecular weight excluding hydrogens is 373 g/mol. The maximum Gasteiger partial charge on any atom is 0.493 e. The van der Waals surface area contributed by atoms with Gasteiger partial charge in [-0.1, -0.05) is 54.6 Å². The van der Waals surface area contributed by atoms with Crippen LogP contribution in [0.25, 0.3) is 0 Å². The summed E-state index contributed by atoms with van der Waals surface area (Å²) in [4.78, 5) is 25.0. The van der Waals surface area contributed by atoms with Crippen molar-refractivity contribution in [2.75, 3.05) is 28.4 Å². The summed E-state index contributed by atoms with van der Waals surface area (Å²) in [5.41, 5.74) is 2.40. The van der Waals surface area contributed by atoms with Gasteiger partial charge in [0.05, 0.1) is 7.11 Å². The lowest BCUT2D eigenvalue weighted by Crippen LogP contribution is -2.45. The molecule has 1 N–H and O–H groups in total. The highest BCUT2D eigenvalue weighted by atomic mass is 16.6. The molecule has 2 aromatic carbocycles. The lowest BCUT2D eigenvalue weighted by Gasteiger charge is -2.21. The Morgan fingerprint density at radius 1 is 0.931 bits per heavy atom. The summed E-state index contributed by atoms with van der Waals surface area (Å²) in [5, 5.41) is 2.74. The van der Waals surface area contributed by atoms with Gasteiger partial charge in [-0.3, -0.25) is 4.79 Å². The maximum atomic E-state index is 12.7. The molecule has 2 atom stereocenters. The van der Waals surface area contributed by atoms with E-state index in [9.17, 15) is 9.59 Å². The summed E-state index contributed by atoms with van der Waals surface area (Å²) in [6.07, 6.45) is -0.552. The lowest BCUT2D eigenvalue weighted by atomic mass is 9.78. The molecule has 2 aromatic rings. The van der Waals surface area contributed by atoms with Gasteiger partial charge < -0.3 is 24.1 Å². The number of ether oxygens (including phenoxy) is 2. The average Bonchev–Trinajstić information content (AvgIpc) is 2.76. The van der Waals surface area contributed by atoms with E-state index >= 15 is 0 Å². The second-order valence-corrected chi connectivity index (χ2v) is 6.36.